The van der Waals surface area contributed by atoms with Gasteiger partial charge < -0.3 is 9.73 Å². The lowest BCUT2D eigenvalue weighted by Crippen LogP contribution is -2.50. The third-order valence-electron chi connectivity index (χ3n) is 5.30. The first-order valence-electron chi connectivity index (χ1n) is 8.32. The van der Waals surface area contributed by atoms with Gasteiger partial charge in [0, 0.05) is 17.9 Å². The van der Waals surface area contributed by atoms with Crippen LogP contribution < -0.4 is 5.32 Å². The summed E-state index contributed by atoms with van der Waals surface area (Å²) in [6, 6.07) is 3.39. The maximum Gasteiger partial charge on any atom is 0.224 e. The summed E-state index contributed by atoms with van der Waals surface area (Å²) >= 11 is 0. The molecule has 0 unspecified atom stereocenters. The molecule has 0 spiro atoms. The second-order valence-electron chi connectivity index (χ2n) is 6.97. The molecule has 7 heteroatoms. The molecular formula is C16H22N2O4S. The number of rotatable bonds is 4. The fraction of sp³-hybridized carbons (Fsp3) is 0.688. The van der Waals surface area contributed by atoms with Gasteiger partial charge in [0.1, 0.15) is 5.76 Å². The van der Waals surface area contributed by atoms with Crippen molar-refractivity contribution in [3.05, 3.63) is 24.2 Å². The number of carbonyl (C=O) groups excluding carboxylic acids is 1. The van der Waals surface area contributed by atoms with Crippen molar-refractivity contribution in [2.24, 2.45) is 5.92 Å². The second kappa shape index (κ2) is 5.63. The predicted molar refractivity (Wildman–Crippen MR) is 84.7 cm³/mol. The largest absolute Gasteiger partial charge is 0.469 e. The average molecular weight is 338 g/mol. The van der Waals surface area contributed by atoms with Gasteiger partial charge in [0.25, 0.3) is 0 Å². The van der Waals surface area contributed by atoms with Gasteiger partial charge in [-0.3, -0.25) is 9.69 Å². The molecule has 1 N–H and O–H groups in total. The Bertz CT molecular complexity index is 679. The lowest BCUT2D eigenvalue weighted by molar-refractivity contribution is -0.123. The molecule has 6 nitrogen and oxygen atoms in total. The van der Waals surface area contributed by atoms with Crippen LogP contribution in [0.15, 0.2) is 22.8 Å². The zero-order valence-electron chi connectivity index (χ0n) is 13.0. The number of sulfone groups is 1. The van der Waals surface area contributed by atoms with Crippen LogP contribution in [0.1, 0.15) is 30.9 Å². The summed E-state index contributed by atoms with van der Waals surface area (Å²) in [5.74, 6) is 1.12. The Morgan fingerprint density at radius 3 is 2.74 bits per heavy atom. The molecule has 2 aliphatic heterocycles. The highest BCUT2D eigenvalue weighted by Gasteiger charge is 2.48. The summed E-state index contributed by atoms with van der Waals surface area (Å²) in [5.41, 5.74) is 0. The zero-order chi connectivity index (χ0) is 16.0. The number of likely N-dealkylation sites (tertiary alicyclic amines) is 1. The maximum absolute atomic E-state index is 12.5. The van der Waals surface area contributed by atoms with Crippen molar-refractivity contribution in [3.8, 4) is 0 Å². The molecule has 1 aromatic heterocycles. The van der Waals surface area contributed by atoms with Crippen LogP contribution in [0, 0.1) is 5.92 Å². The van der Waals surface area contributed by atoms with Crippen LogP contribution in [-0.4, -0.2) is 55.9 Å². The standard InChI is InChI=1S/C16H22N2O4S/c19-16(12-8-11(12)15-4-3-7-22-15)17-13-9-23(20,21)10-14(13)18-5-1-2-6-18/h3-4,7,11-14H,1-2,5-6,8-10H2,(H,17,19)/t11-,12-,13-,14+/m1/s1. The molecular weight excluding hydrogens is 316 g/mol. The number of nitrogens with zero attached hydrogens (tertiary/aromatic N) is 1. The lowest BCUT2D eigenvalue weighted by Gasteiger charge is -2.28. The molecule has 4 rings (SSSR count). The van der Waals surface area contributed by atoms with Crippen molar-refractivity contribution < 1.29 is 17.6 Å². The van der Waals surface area contributed by atoms with Crippen molar-refractivity contribution in [3.63, 3.8) is 0 Å². The molecule has 4 atom stereocenters. The minimum atomic E-state index is -3.06. The van der Waals surface area contributed by atoms with E-state index in [1.165, 1.54) is 0 Å². The van der Waals surface area contributed by atoms with Gasteiger partial charge in [0.05, 0.1) is 23.8 Å². The van der Waals surface area contributed by atoms with Crippen LogP contribution in [0.3, 0.4) is 0 Å². The number of amides is 1. The van der Waals surface area contributed by atoms with Gasteiger partial charge >= 0.3 is 0 Å². The van der Waals surface area contributed by atoms with Gasteiger partial charge in [-0.05, 0) is 44.5 Å². The summed E-state index contributed by atoms with van der Waals surface area (Å²) < 4.78 is 29.4. The van der Waals surface area contributed by atoms with E-state index >= 15 is 0 Å². The quantitative estimate of drug-likeness (QED) is 0.877. The first kappa shape index (κ1) is 15.2. The van der Waals surface area contributed by atoms with Gasteiger partial charge in [-0.15, -0.1) is 0 Å². The molecule has 3 fully saturated rings. The van der Waals surface area contributed by atoms with Gasteiger partial charge in [0.15, 0.2) is 9.84 Å². The van der Waals surface area contributed by atoms with Crippen molar-refractivity contribution in [1.82, 2.24) is 10.2 Å². The van der Waals surface area contributed by atoms with Crippen LogP contribution in [-0.2, 0) is 14.6 Å². The van der Waals surface area contributed by atoms with Gasteiger partial charge in [-0.2, -0.15) is 0 Å². The normalized spacial score (nSPS) is 36.2. The maximum atomic E-state index is 12.5. The summed E-state index contributed by atoms with van der Waals surface area (Å²) in [6.07, 6.45) is 4.63. The smallest absolute Gasteiger partial charge is 0.224 e. The van der Waals surface area contributed by atoms with Crippen molar-refractivity contribution in [1.29, 1.82) is 0 Å². The summed E-state index contributed by atoms with van der Waals surface area (Å²) in [5, 5.41) is 3.01. The van der Waals surface area contributed by atoms with Gasteiger partial charge in [0.2, 0.25) is 5.91 Å². The number of furan rings is 1. The van der Waals surface area contributed by atoms with Gasteiger partial charge in [-0.1, -0.05) is 0 Å². The number of nitrogens with one attached hydrogen (secondary N) is 1. The highest BCUT2D eigenvalue weighted by molar-refractivity contribution is 7.91. The van der Waals surface area contributed by atoms with E-state index in [0.29, 0.717) is 0 Å². The first-order chi connectivity index (χ1) is 11.0. The van der Waals surface area contributed by atoms with Crippen molar-refractivity contribution >= 4 is 15.7 Å². The summed E-state index contributed by atoms with van der Waals surface area (Å²) in [7, 11) is -3.06. The highest BCUT2D eigenvalue weighted by atomic mass is 32.2. The topological polar surface area (TPSA) is 79.6 Å². The van der Waals surface area contributed by atoms with E-state index in [-0.39, 0.29) is 41.3 Å². The van der Waals surface area contributed by atoms with Gasteiger partial charge in [-0.25, -0.2) is 8.42 Å². The molecule has 1 saturated carbocycles. The fourth-order valence-electron chi connectivity index (χ4n) is 3.99. The number of hydrogen-bond donors (Lipinski definition) is 1. The zero-order valence-corrected chi connectivity index (χ0v) is 13.8. The van der Waals surface area contributed by atoms with Crippen LogP contribution in [0.25, 0.3) is 0 Å². The van der Waals surface area contributed by atoms with E-state index in [1.807, 2.05) is 12.1 Å². The monoisotopic (exact) mass is 338 g/mol. The molecule has 0 bridgehead atoms. The van der Waals surface area contributed by atoms with E-state index in [9.17, 15) is 13.2 Å². The summed E-state index contributed by atoms with van der Waals surface area (Å²) in [4.78, 5) is 14.7. The molecule has 1 aromatic rings. The lowest BCUT2D eigenvalue weighted by atomic mass is 10.1. The molecule has 3 heterocycles. The first-order valence-corrected chi connectivity index (χ1v) is 10.1. The Labute approximate surface area is 136 Å². The number of carbonyl (C=O) groups is 1. The fourth-order valence-corrected chi connectivity index (χ4v) is 5.94. The van der Waals surface area contributed by atoms with Crippen LogP contribution >= 0.6 is 0 Å². The second-order valence-corrected chi connectivity index (χ2v) is 9.12. The third kappa shape index (κ3) is 3.04. The third-order valence-corrected chi connectivity index (χ3v) is 7.01. The highest BCUT2D eigenvalue weighted by Crippen LogP contribution is 2.47. The molecule has 126 valence electrons. The molecule has 3 aliphatic rings. The Hall–Kier alpha value is -1.34. The van der Waals surface area contributed by atoms with Crippen LogP contribution in [0.4, 0.5) is 0 Å². The predicted octanol–water partition coefficient (Wildman–Crippen LogP) is 0.761. The van der Waals surface area contributed by atoms with Crippen molar-refractivity contribution in [2.45, 2.75) is 37.3 Å². The Balaban J connectivity index is 1.41. The number of hydrogen-bond acceptors (Lipinski definition) is 5. The molecule has 23 heavy (non-hydrogen) atoms. The van der Waals surface area contributed by atoms with Crippen LogP contribution in [0.5, 0.6) is 0 Å². The molecule has 2 saturated heterocycles. The van der Waals surface area contributed by atoms with Crippen molar-refractivity contribution in [2.75, 3.05) is 24.6 Å². The van der Waals surface area contributed by atoms with E-state index in [1.54, 1.807) is 6.26 Å². The Kier molecular flexibility index (Phi) is 3.72. The van der Waals surface area contributed by atoms with E-state index in [2.05, 4.69) is 10.2 Å². The van der Waals surface area contributed by atoms with E-state index in [0.717, 1.165) is 38.1 Å². The Morgan fingerprint density at radius 1 is 1.26 bits per heavy atom. The van der Waals surface area contributed by atoms with E-state index in [4.69, 9.17) is 4.42 Å². The summed E-state index contributed by atoms with van der Waals surface area (Å²) in [6.45, 7) is 1.87. The average Bonchev–Trinajstić information content (AvgIpc) is 2.90. The molecule has 0 aromatic carbocycles. The minimum Gasteiger partial charge on any atom is -0.469 e. The molecule has 1 aliphatic carbocycles. The van der Waals surface area contributed by atoms with Crippen LogP contribution in [0.2, 0.25) is 0 Å². The Morgan fingerprint density at radius 2 is 2.04 bits per heavy atom. The molecule has 0 radical (unpaired) electrons. The molecule has 1 amide bonds. The SMILES string of the molecule is O=C(N[C@@H]1CS(=O)(=O)C[C@@H]1N1CCCC1)[C@@H]1C[C@H]1c1ccco1. The van der Waals surface area contributed by atoms with E-state index < -0.39 is 9.84 Å². The minimum absolute atomic E-state index is 0.0299.